The Balaban J connectivity index is 1.75. The molecule has 0 aromatic carbocycles. The number of carbonyl (C=O) groups is 2. The van der Waals surface area contributed by atoms with Crippen molar-refractivity contribution < 1.29 is 28.9 Å². The van der Waals surface area contributed by atoms with Gasteiger partial charge in [-0.25, -0.2) is 4.79 Å². The number of rotatable bonds is 5. The summed E-state index contributed by atoms with van der Waals surface area (Å²) in [6.07, 6.45) is 2.03. The molecular weight excluding hydrogens is 254 g/mol. The first kappa shape index (κ1) is 14.2. The lowest BCUT2D eigenvalue weighted by atomic mass is 10.2. The standard InChI is InChI=1S/C12H19NO6/c14-11(8-18-6-9-2-1-4-19-9)13-3-5-17-7-10(13)12(15)16/h9-10H,1-8H2,(H,15,16)/t9-,10-/m1/s1. The van der Waals surface area contributed by atoms with Crippen LogP contribution < -0.4 is 0 Å². The quantitative estimate of drug-likeness (QED) is 0.726. The van der Waals surface area contributed by atoms with Gasteiger partial charge >= 0.3 is 5.97 Å². The minimum Gasteiger partial charge on any atom is -0.480 e. The Bertz CT molecular complexity index is 328. The van der Waals surface area contributed by atoms with Crippen molar-refractivity contribution in [3.8, 4) is 0 Å². The van der Waals surface area contributed by atoms with Crippen molar-refractivity contribution in [2.24, 2.45) is 0 Å². The molecule has 0 saturated carbocycles. The van der Waals surface area contributed by atoms with Gasteiger partial charge in [0.25, 0.3) is 0 Å². The first-order chi connectivity index (χ1) is 9.18. The predicted octanol–water partition coefficient (Wildman–Crippen LogP) is -0.506. The van der Waals surface area contributed by atoms with Crippen molar-refractivity contribution in [2.45, 2.75) is 25.0 Å². The molecule has 2 aliphatic heterocycles. The highest BCUT2D eigenvalue weighted by Crippen LogP contribution is 2.12. The van der Waals surface area contributed by atoms with E-state index in [0.717, 1.165) is 19.4 Å². The van der Waals surface area contributed by atoms with Crippen molar-refractivity contribution in [3.05, 3.63) is 0 Å². The zero-order valence-electron chi connectivity index (χ0n) is 10.7. The number of carboxylic acids is 1. The molecule has 0 radical (unpaired) electrons. The van der Waals surface area contributed by atoms with E-state index in [0.29, 0.717) is 19.8 Å². The Morgan fingerprint density at radius 3 is 2.89 bits per heavy atom. The van der Waals surface area contributed by atoms with Crippen LogP contribution in [0.1, 0.15) is 12.8 Å². The number of aliphatic carboxylic acids is 1. The zero-order chi connectivity index (χ0) is 13.7. The average Bonchev–Trinajstić information content (AvgIpc) is 2.91. The molecule has 2 atom stereocenters. The molecular formula is C12H19NO6. The normalized spacial score (nSPS) is 27.5. The van der Waals surface area contributed by atoms with Gasteiger partial charge in [-0.15, -0.1) is 0 Å². The molecule has 0 aromatic rings. The Morgan fingerprint density at radius 1 is 1.37 bits per heavy atom. The third kappa shape index (κ3) is 3.89. The van der Waals surface area contributed by atoms with Gasteiger partial charge in [-0.05, 0) is 12.8 Å². The largest absolute Gasteiger partial charge is 0.480 e. The van der Waals surface area contributed by atoms with Gasteiger partial charge in [0.1, 0.15) is 6.61 Å². The minimum atomic E-state index is -1.05. The lowest BCUT2D eigenvalue weighted by molar-refractivity contribution is -0.160. The maximum Gasteiger partial charge on any atom is 0.328 e. The molecule has 1 amide bonds. The maximum atomic E-state index is 11.9. The number of hydrogen-bond donors (Lipinski definition) is 1. The second kappa shape index (κ2) is 6.83. The zero-order valence-corrected chi connectivity index (χ0v) is 10.7. The summed E-state index contributed by atoms with van der Waals surface area (Å²) in [5.41, 5.74) is 0. The van der Waals surface area contributed by atoms with Gasteiger partial charge in [0, 0.05) is 13.2 Å². The fraction of sp³-hybridized carbons (Fsp3) is 0.833. The van der Waals surface area contributed by atoms with Crippen LogP contribution in [0.2, 0.25) is 0 Å². The molecule has 0 aromatic heterocycles. The van der Waals surface area contributed by atoms with Crippen LogP contribution in [0.5, 0.6) is 0 Å². The Labute approximate surface area is 111 Å². The second-order valence-electron chi connectivity index (χ2n) is 4.67. The third-order valence-electron chi connectivity index (χ3n) is 3.29. The first-order valence-corrected chi connectivity index (χ1v) is 6.48. The van der Waals surface area contributed by atoms with Crippen LogP contribution in [-0.4, -0.2) is 73.6 Å². The number of carbonyl (C=O) groups excluding carboxylic acids is 1. The third-order valence-corrected chi connectivity index (χ3v) is 3.29. The summed E-state index contributed by atoms with van der Waals surface area (Å²) < 4.78 is 15.8. The van der Waals surface area contributed by atoms with E-state index < -0.39 is 12.0 Å². The first-order valence-electron chi connectivity index (χ1n) is 6.48. The predicted molar refractivity (Wildman–Crippen MR) is 63.7 cm³/mol. The van der Waals surface area contributed by atoms with E-state index in [1.54, 1.807) is 0 Å². The molecule has 19 heavy (non-hydrogen) atoms. The fourth-order valence-electron chi connectivity index (χ4n) is 2.24. The molecule has 0 bridgehead atoms. The van der Waals surface area contributed by atoms with Crippen LogP contribution in [-0.2, 0) is 23.8 Å². The summed E-state index contributed by atoms with van der Waals surface area (Å²) in [7, 11) is 0. The monoisotopic (exact) mass is 273 g/mol. The number of nitrogens with zero attached hydrogens (tertiary/aromatic N) is 1. The van der Waals surface area contributed by atoms with E-state index in [1.165, 1.54) is 4.90 Å². The summed E-state index contributed by atoms with van der Waals surface area (Å²) in [4.78, 5) is 24.3. The second-order valence-corrected chi connectivity index (χ2v) is 4.67. The molecule has 2 heterocycles. The van der Waals surface area contributed by atoms with Crippen molar-refractivity contribution in [2.75, 3.05) is 39.6 Å². The van der Waals surface area contributed by atoms with Crippen molar-refractivity contribution in [3.63, 3.8) is 0 Å². The molecule has 2 saturated heterocycles. The molecule has 2 fully saturated rings. The molecule has 2 aliphatic rings. The van der Waals surface area contributed by atoms with Gasteiger partial charge in [-0.1, -0.05) is 0 Å². The van der Waals surface area contributed by atoms with Crippen LogP contribution >= 0.6 is 0 Å². The molecule has 7 heteroatoms. The average molecular weight is 273 g/mol. The van der Waals surface area contributed by atoms with Crippen LogP contribution in [0.4, 0.5) is 0 Å². The van der Waals surface area contributed by atoms with E-state index >= 15 is 0 Å². The van der Waals surface area contributed by atoms with Gasteiger partial charge in [0.2, 0.25) is 5.91 Å². The van der Waals surface area contributed by atoms with Crippen molar-refractivity contribution >= 4 is 11.9 Å². The number of carboxylic acid groups (broad SMARTS) is 1. The SMILES string of the molecule is O=C(O)[C@H]1COCCN1C(=O)COC[C@H]1CCCO1. The summed E-state index contributed by atoms with van der Waals surface area (Å²) in [5, 5.41) is 9.02. The van der Waals surface area contributed by atoms with Crippen LogP contribution in [0, 0.1) is 0 Å². The number of hydrogen-bond acceptors (Lipinski definition) is 5. The molecule has 7 nitrogen and oxygen atoms in total. The lowest BCUT2D eigenvalue weighted by Gasteiger charge is -2.32. The highest BCUT2D eigenvalue weighted by molar-refractivity contribution is 5.84. The Morgan fingerprint density at radius 2 is 2.21 bits per heavy atom. The maximum absolute atomic E-state index is 11.9. The van der Waals surface area contributed by atoms with Crippen molar-refractivity contribution in [1.29, 1.82) is 0 Å². The summed E-state index contributed by atoms with van der Waals surface area (Å²) in [6, 6.07) is -0.910. The van der Waals surface area contributed by atoms with E-state index in [9.17, 15) is 9.59 Å². The van der Waals surface area contributed by atoms with E-state index in [2.05, 4.69) is 0 Å². The summed E-state index contributed by atoms with van der Waals surface area (Å²) in [6.45, 7) is 1.71. The lowest BCUT2D eigenvalue weighted by Crippen LogP contribution is -2.53. The van der Waals surface area contributed by atoms with Crippen LogP contribution in [0.25, 0.3) is 0 Å². The van der Waals surface area contributed by atoms with E-state index in [1.807, 2.05) is 0 Å². The molecule has 0 aliphatic carbocycles. The van der Waals surface area contributed by atoms with E-state index in [-0.39, 0.29) is 25.2 Å². The van der Waals surface area contributed by atoms with Gasteiger partial charge in [-0.2, -0.15) is 0 Å². The highest BCUT2D eigenvalue weighted by atomic mass is 16.5. The van der Waals surface area contributed by atoms with Gasteiger partial charge in [0.05, 0.1) is 25.9 Å². The topological polar surface area (TPSA) is 85.3 Å². The molecule has 2 rings (SSSR count). The number of ether oxygens (including phenoxy) is 3. The summed E-state index contributed by atoms with van der Waals surface area (Å²) >= 11 is 0. The molecule has 108 valence electrons. The van der Waals surface area contributed by atoms with Gasteiger partial charge in [0.15, 0.2) is 6.04 Å². The van der Waals surface area contributed by atoms with E-state index in [4.69, 9.17) is 19.3 Å². The smallest absolute Gasteiger partial charge is 0.328 e. The van der Waals surface area contributed by atoms with Crippen molar-refractivity contribution in [1.82, 2.24) is 4.90 Å². The molecule has 0 spiro atoms. The van der Waals surface area contributed by atoms with Crippen LogP contribution in [0.3, 0.4) is 0 Å². The molecule has 1 N–H and O–H groups in total. The summed E-state index contributed by atoms with van der Waals surface area (Å²) in [5.74, 6) is -1.36. The fourth-order valence-corrected chi connectivity index (χ4v) is 2.24. The van der Waals surface area contributed by atoms with Gasteiger partial charge < -0.3 is 24.2 Å². The number of amides is 1. The highest BCUT2D eigenvalue weighted by Gasteiger charge is 2.32. The Kier molecular flexibility index (Phi) is 5.12. The van der Waals surface area contributed by atoms with Gasteiger partial charge in [-0.3, -0.25) is 4.79 Å². The Hall–Kier alpha value is -1.18. The minimum absolute atomic E-state index is 0.0345. The van der Waals surface area contributed by atoms with Crippen LogP contribution in [0.15, 0.2) is 0 Å². The molecule has 0 unspecified atom stereocenters. The number of morpholine rings is 1.